The van der Waals surface area contributed by atoms with Crippen molar-refractivity contribution in [3.05, 3.63) is 33.3 Å². The van der Waals surface area contributed by atoms with Gasteiger partial charge in [0, 0.05) is 6.07 Å². The number of hydrogen-bond donors (Lipinski definition) is 0. The van der Waals surface area contributed by atoms with Gasteiger partial charge in [0.2, 0.25) is 9.84 Å². The Hall–Kier alpha value is -1.56. The zero-order chi connectivity index (χ0) is 17.5. The van der Waals surface area contributed by atoms with Crippen LogP contribution in [0.3, 0.4) is 0 Å². The number of nitrogens with zero attached hydrogens (tertiary/aromatic N) is 1. The van der Waals surface area contributed by atoms with Gasteiger partial charge in [0.25, 0.3) is 11.9 Å². The molecule has 0 amide bonds. The Morgan fingerprint density at radius 1 is 1.18 bits per heavy atom. The standard InChI is InChI=1S/C9H4ClF6NO4S/c10-5-2-1-4(3-6(5)17(18)19)22(20,21)9(15,16)7(11)8(12,13)14/h1-3,7H. The van der Waals surface area contributed by atoms with Crippen molar-refractivity contribution in [3.63, 3.8) is 0 Å². The van der Waals surface area contributed by atoms with Crippen LogP contribution in [0.2, 0.25) is 5.02 Å². The van der Waals surface area contributed by atoms with E-state index in [0.29, 0.717) is 12.1 Å². The van der Waals surface area contributed by atoms with Crippen LogP contribution < -0.4 is 0 Å². The lowest BCUT2D eigenvalue weighted by molar-refractivity contribution is -0.384. The van der Waals surface area contributed by atoms with E-state index in [1.54, 1.807) is 0 Å². The molecule has 0 bridgehead atoms. The second-order valence-corrected chi connectivity index (χ2v) is 6.27. The van der Waals surface area contributed by atoms with Crippen LogP contribution in [-0.4, -0.2) is 30.9 Å². The molecule has 0 radical (unpaired) electrons. The summed E-state index contributed by atoms with van der Waals surface area (Å²) in [6, 6.07) is 0.847. The van der Waals surface area contributed by atoms with E-state index in [4.69, 9.17) is 11.6 Å². The molecule has 5 nitrogen and oxygen atoms in total. The first-order valence-electron chi connectivity index (χ1n) is 5.00. The summed E-state index contributed by atoms with van der Waals surface area (Å²) in [6.07, 6.45) is -11.1. The van der Waals surface area contributed by atoms with Gasteiger partial charge in [-0.3, -0.25) is 10.1 Å². The average Bonchev–Trinajstić information content (AvgIpc) is 2.36. The number of halogens is 7. The molecular weight excluding hydrogens is 368 g/mol. The summed E-state index contributed by atoms with van der Waals surface area (Å²) in [4.78, 5) is 7.72. The Kier molecular flexibility index (Phi) is 4.68. The highest BCUT2D eigenvalue weighted by Crippen LogP contribution is 2.42. The highest BCUT2D eigenvalue weighted by Gasteiger charge is 2.64. The summed E-state index contributed by atoms with van der Waals surface area (Å²) in [5.41, 5.74) is -1.14. The van der Waals surface area contributed by atoms with Crippen LogP contribution in [0.4, 0.5) is 32.0 Å². The molecule has 1 atom stereocenters. The van der Waals surface area contributed by atoms with E-state index in [0.717, 1.165) is 0 Å². The highest BCUT2D eigenvalue weighted by molar-refractivity contribution is 7.92. The van der Waals surface area contributed by atoms with E-state index < -0.39 is 48.0 Å². The molecule has 0 aliphatic heterocycles. The molecule has 1 unspecified atom stereocenters. The minimum Gasteiger partial charge on any atom is -0.258 e. The fraction of sp³-hybridized carbons (Fsp3) is 0.333. The fourth-order valence-electron chi connectivity index (χ4n) is 1.28. The molecule has 1 aromatic rings. The van der Waals surface area contributed by atoms with Gasteiger partial charge in [-0.05, 0) is 12.1 Å². The first-order valence-corrected chi connectivity index (χ1v) is 6.86. The Bertz CT molecular complexity index is 705. The maximum atomic E-state index is 13.3. The van der Waals surface area contributed by atoms with Gasteiger partial charge in [0.05, 0.1) is 9.82 Å². The van der Waals surface area contributed by atoms with E-state index in [2.05, 4.69) is 0 Å². The largest absolute Gasteiger partial charge is 0.426 e. The molecule has 1 rings (SSSR count). The number of rotatable bonds is 4. The summed E-state index contributed by atoms with van der Waals surface area (Å²) in [7, 11) is -6.19. The smallest absolute Gasteiger partial charge is 0.258 e. The van der Waals surface area contributed by atoms with Crippen LogP contribution in [0, 0.1) is 10.1 Å². The Labute approximate surface area is 123 Å². The maximum absolute atomic E-state index is 13.3. The van der Waals surface area contributed by atoms with Crippen molar-refractivity contribution in [2.24, 2.45) is 0 Å². The number of sulfone groups is 1. The quantitative estimate of drug-likeness (QED) is 0.461. The number of nitro benzene ring substituents is 1. The zero-order valence-corrected chi connectivity index (χ0v) is 11.5. The minimum absolute atomic E-state index is 0.0225. The zero-order valence-electron chi connectivity index (χ0n) is 9.94. The van der Waals surface area contributed by atoms with Crippen LogP contribution in [0.5, 0.6) is 0 Å². The maximum Gasteiger partial charge on any atom is 0.426 e. The normalized spacial score (nSPS) is 14.7. The number of benzene rings is 1. The van der Waals surface area contributed by atoms with Gasteiger partial charge in [-0.1, -0.05) is 11.6 Å². The lowest BCUT2D eigenvalue weighted by Gasteiger charge is -2.22. The molecule has 0 aliphatic carbocycles. The van der Waals surface area contributed by atoms with Crippen molar-refractivity contribution >= 4 is 27.1 Å². The van der Waals surface area contributed by atoms with Crippen LogP contribution in [0.1, 0.15) is 0 Å². The predicted octanol–water partition coefficient (Wildman–Crippen LogP) is 3.52. The van der Waals surface area contributed by atoms with Crippen molar-refractivity contribution in [3.8, 4) is 0 Å². The molecule has 1 aromatic carbocycles. The van der Waals surface area contributed by atoms with Gasteiger partial charge in [-0.2, -0.15) is 22.0 Å². The number of nitro groups is 1. The van der Waals surface area contributed by atoms with E-state index >= 15 is 0 Å². The van der Waals surface area contributed by atoms with Crippen LogP contribution in [0.15, 0.2) is 23.1 Å². The first-order chi connectivity index (χ1) is 9.73. The second-order valence-electron chi connectivity index (χ2n) is 3.84. The summed E-state index contributed by atoms with van der Waals surface area (Å²) in [6.45, 7) is 0. The summed E-state index contributed by atoms with van der Waals surface area (Å²) in [5, 5.41) is 4.02. The summed E-state index contributed by atoms with van der Waals surface area (Å²) >= 11 is 5.31. The third kappa shape index (κ3) is 3.11. The first kappa shape index (κ1) is 18.5. The summed E-state index contributed by atoms with van der Waals surface area (Å²) < 4.78 is 98.4. The third-order valence-electron chi connectivity index (χ3n) is 2.37. The molecule has 13 heteroatoms. The lowest BCUT2D eigenvalue weighted by Crippen LogP contribution is -2.47. The van der Waals surface area contributed by atoms with Gasteiger partial charge in [-0.25, -0.2) is 12.8 Å². The van der Waals surface area contributed by atoms with E-state index in [1.165, 1.54) is 0 Å². The van der Waals surface area contributed by atoms with E-state index in [9.17, 15) is 44.9 Å². The molecule has 0 spiro atoms. The number of hydrogen-bond acceptors (Lipinski definition) is 4. The summed E-state index contributed by atoms with van der Waals surface area (Å²) in [5.74, 6) is 0. The molecule has 0 heterocycles. The predicted molar refractivity (Wildman–Crippen MR) is 61.2 cm³/mol. The Morgan fingerprint density at radius 3 is 2.09 bits per heavy atom. The molecule has 0 fully saturated rings. The lowest BCUT2D eigenvalue weighted by atomic mass is 10.3. The van der Waals surface area contributed by atoms with Gasteiger partial charge in [-0.15, -0.1) is 0 Å². The average molecular weight is 372 g/mol. The van der Waals surface area contributed by atoms with Crippen molar-refractivity contribution < 1.29 is 39.7 Å². The topological polar surface area (TPSA) is 77.3 Å². The SMILES string of the molecule is O=[N+]([O-])c1cc(S(=O)(=O)C(F)(F)C(F)C(F)(F)F)ccc1Cl. The molecular formula is C9H4ClF6NO4S. The molecule has 0 aromatic heterocycles. The monoisotopic (exact) mass is 371 g/mol. The highest BCUT2D eigenvalue weighted by atomic mass is 35.5. The molecule has 22 heavy (non-hydrogen) atoms. The Morgan fingerprint density at radius 2 is 1.68 bits per heavy atom. The molecule has 0 aliphatic rings. The van der Waals surface area contributed by atoms with Gasteiger partial charge < -0.3 is 0 Å². The fourth-order valence-corrected chi connectivity index (χ4v) is 2.70. The van der Waals surface area contributed by atoms with E-state index in [-0.39, 0.29) is 6.07 Å². The van der Waals surface area contributed by atoms with Gasteiger partial charge in [0.1, 0.15) is 5.02 Å². The molecule has 0 saturated carbocycles. The molecule has 124 valence electrons. The third-order valence-corrected chi connectivity index (χ3v) is 4.48. The van der Waals surface area contributed by atoms with Crippen molar-refractivity contribution in [1.82, 2.24) is 0 Å². The Balaban J connectivity index is 3.48. The van der Waals surface area contributed by atoms with E-state index in [1.807, 2.05) is 0 Å². The van der Waals surface area contributed by atoms with Crippen LogP contribution in [-0.2, 0) is 9.84 Å². The van der Waals surface area contributed by atoms with Gasteiger partial charge >= 0.3 is 11.4 Å². The minimum atomic E-state index is -6.19. The second kappa shape index (κ2) is 5.57. The van der Waals surface area contributed by atoms with Crippen molar-refractivity contribution in [1.29, 1.82) is 0 Å². The van der Waals surface area contributed by atoms with Gasteiger partial charge in [0.15, 0.2) is 0 Å². The number of alkyl halides is 6. The van der Waals surface area contributed by atoms with Crippen LogP contribution in [0.25, 0.3) is 0 Å². The van der Waals surface area contributed by atoms with Crippen molar-refractivity contribution in [2.75, 3.05) is 0 Å². The van der Waals surface area contributed by atoms with Crippen molar-refractivity contribution in [2.45, 2.75) is 22.5 Å². The van der Waals surface area contributed by atoms with Crippen LogP contribution >= 0.6 is 11.6 Å². The molecule has 0 N–H and O–H groups in total. The molecule has 0 saturated heterocycles.